The number of thiocarbonyl (C=S) groups is 1. The number of nitrogens with one attached hydrogen (secondary N) is 1. The number of hydrogen-bond donors (Lipinski definition) is 1. The van der Waals surface area contributed by atoms with Crippen LogP contribution in [0.25, 0.3) is 5.69 Å². The summed E-state index contributed by atoms with van der Waals surface area (Å²) in [7, 11) is 0. The van der Waals surface area contributed by atoms with Crippen LogP contribution in [0.15, 0.2) is 59.2 Å². The number of pyridine rings is 1. The molecule has 0 saturated carbocycles. The van der Waals surface area contributed by atoms with Gasteiger partial charge in [-0.1, -0.05) is 22.0 Å². The van der Waals surface area contributed by atoms with Crippen molar-refractivity contribution in [2.24, 2.45) is 0 Å². The van der Waals surface area contributed by atoms with Crippen LogP contribution in [0, 0.1) is 13.8 Å². The number of esters is 1. The van der Waals surface area contributed by atoms with Crippen molar-refractivity contribution < 1.29 is 9.53 Å². The van der Waals surface area contributed by atoms with Gasteiger partial charge in [0.25, 0.3) is 0 Å². The number of benzene rings is 1. The molecule has 1 saturated heterocycles. The second-order valence-electron chi connectivity index (χ2n) is 7.70. The predicted molar refractivity (Wildman–Crippen MR) is 132 cm³/mol. The van der Waals surface area contributed by atoms with Crippen LogP contribution in [-0.2, 0) is 9.53 Å². The number of carbonyl (C=O) groups is 1. The summed E-state index contributed by atoms with van der Waals surface area (Å²) in [6.07, 6.45) is 1.77. The van der Waals surface area contributed by atoms with Gasteiger partial charge in [-0.2, -0.15) is 0 Å². The van der Waals surface area contributed by atoms with Crippen molar-refractivity contribution in [3.05, 3.63) is 81.8 Å². The second kappa shape index (κ2) is 9.42. The number of rotatable bonds is 6. The van der Waals surface area contributed by atoms with Gasteiger partial charge in [0, 0.05) is 27.7 Å². The van der Waals surface area contributed by atoms with Crippen molar-refractivity contribution >= 4 is 39.2 Å². The molecule has 1 aromatic carbocycles. The first-order valence-electron chi connectivity index (χ1n) is 10.5. The smallest absolute Gasteiger partial charge is 0.325 e. The molecule has 8 heteroatoms. The number of carbonyl (C=O) groups excluding carboxylic acids is 1. The lowest BCUT2D eigenvalue weighted by Crippen LogP contribution is -2.35. The zero-order valence-corrected chi connectivity index (χ0v) is 20.6. The molecule has 0 aliphatic carbocycles. The van der Waals surface area contributed by atoms with Crippen LogP contribution in [-0.4, -0.2) is 38.7 Å². The van der Waals surface area contributed by atoms with E-state index in [0.717, 1.165) is 32.8 Å². The van der Waals surface area contributed by atoms with Gasteiger partial charge < -0.3 is 19.5 Å². The van der Waals surface area contributed by atoms with Crippen LogP contribution in [0.2, 0.25) is 0 Å². The number of ether oxygens (including phenoxy) is 1. The lowest BCUT2D eigenvalue weighted by Gasteiger charge is -2.27. The monoisotopic (exact) mass is 512 g/mol. The van der Waals surface area contributed by atoms with Crippen molar-refractivity contribution in [1.82, 2.24) is 19.8 Å². The van der Waals surface area contributed by atoms with Crippen molar-refractivity contribution in [2.75, 3.05) is 13.2 Å². The molecule has 32 heavy (non-hydrogen) atoms. The standard InChI is InChI=1S/C24H25BrN4O2S/c1-4-31-21(30)14-28-23(22(27-24(28)32)20-7-5-6-12-26-20)19-13-15(2)29(16(19)3)18-10-8-17(25)9-11-18/h5-13,22-23H,4,14H2,1-3H3,(H,27,32). The Morgan fingerprint density at radius 3 is 2.62 bits per heavy atom. The molecule has 4 rings (SSSR count). The third-order valence-corrected chi connectivity index (χ3v) is 6.56. The van der Waals surface area contributed by atoms with Gasteiger partial charge in [-0.05, 0) is 81.0 Å². The fourth-order valence-electron chi connectivity index (χ4n) is 4.33. The van der Waals surface area contributed by atoms with E-state index in [1.165, 1.54) is 0 Å². The molecule has 1 aliphatic heterocycles. The fraction of sp³-hybridized carbons (Fsp3) is 0.292. The molecule has 2 unspecified atom stereocenters. The summed E-state index contributed by atoms with van der Waals surface area (Å²) in [5, 5.41) is 3.91. The Bertz CT molecular complexity index is 1130. The van der Waals surface area contributed by atoms with E-state index in [-0.39, 0.29) is 24.6 Å². The van der Waals surface area contributed by atoms with Crippen LogP contribution < -0.4 is 5.32 Å². The quantitative estimate of drug-likeness (QED) is 0.378. The van der Waals surface area contributed by atoms with Crippen molar-refractivity contribution in [2.45, 2.75) is 32.9 Å². The van der Waals surface area contributed by atoms with Crippen LogP contribution >= 0.6 is 28.1 Å². The summed E-state index contributed by atoms with van der Waals surface area (Å²) in [6.45, 7) is 6.40. The average molecular weight is 513 g/mol. The first-order chi connectivity index (χ1) is 15.4. The number of aryl methyl sites for hydroxylation is 1. The molecule has 1 N–H and O–H groups in total. The first-order valence-corrected chi connectivity index (χ1v) is 11.7. The molecule has 1 fully saturated rings. The SMILES string of the molecule is CCOC(=O)CN1C(=S)NC(c2ccccn2)C1c1cc(C)n(-c2ccc(Br)cc2)c1C. The Balaban J connectivity index is 1.80. The maximum atomic E-state index is 12.4. The molecule has 2 aromatic heterocycles. The van der Waals surface area contributed by atoms with Gasteiger partial charge in [0.1, 0.15) is 6.54 Å². The number of nitrogens with zero attached hydrogens (tertiary/aromatic N) is 3. The van der Waals surface area contributed by atoms with Crippen LogP contribution in [0.4, 0.5) is 0 Å². The van der Waals surface area contributed by atoms with Gasteiger partial charge in [-0.3, -0.25) is 9.78 Å². The first kappa shape index (κ1) is 22.5. The fourth-order valence-corrected chi connectivity index (χ4v) is 4.90. The predicted octanol–water partition coefficient (Wildman–Crippen LogP) is 4.79. The van der Waals surface area contributed by atoms with Gasteiger partial charge in [-0.15, -0.1) is 0 Å². The largest absolute Gasteiger partial charge is 0.465 e. The Morgan fingerprint density at radius 2 is 1.97 bits per heavy atom. The minimum Gasteiger partial charge on any atom is -0.465 e. The van der Waals surface area contributed by atoms with Gasteiger partial charge in [0.05, 0.1) is 24.4 Å². The maximum absolute atomic E-state index is 12.4. The topological polar surface area (TPSA) is 59.4 Å². The Kier molecular flexibility index (Phi) is 6.62. The molecule has 0 radical (unpaired) electrons. The lowest BCUT2D eigenvalue weighted by molar-refractivity contribution is -0.143. The van der Waals surface area contributed by atoms with E-state index in [9.17, 15) is 4.79 Å². The summed E-state index contributed by atoms with van der Waals surface area (Å²) in [6, 6.07) is 15.9. The molecule has 0 amide bonds. The van der Waals surface area contributed by atoms with Crippen LogP contribution in [0.3, 0.4) is 0 Å². The molecule has 3 heterocycles. The molecular formula is C24H25BrN4O2S. The summed E-state index contributed by atoms with van der Waals surface area (Å²) in [4.78, 5) is 18.9. The minimum atomic E-state index is -0.301. The average Bonchev–Trinajstić information content (AvgIpc) is 3.25. The molecule has 1 aliphatic rings. The second-order valence-corrected chi connectivity index (χ2v) is 9.00. The van der Waals surface area contributed by atoms with E-state index in [4.69, 9.17) is 17.0 Å². The normalized spacial score (nSPS) is 18.0. The van der Waals surface area contributed by atoms with Gasteiger partial charge in [0.15, 0.2) is 5.11 Å². The van der Waals surface area contributed by atoms with E-state index in [0.29, 0.717) is 11.7 Å². The van der Waals surface area contributed by atoms with E-state index in [1.807, 2.05) is 35.2 Å². The molecule has 3 aromatic rings. The van der Waals surface area contributed by atoms with Crippen molar-refractivity contribution in [1.29, 1.82) is 0 Å². The highest BCUT2D eigenvalue weighted by molar-refractivity contribution is 9.10. The Morgan fingerprint density at radius 1 is 1.22 bits per heavy atom. The van der Waals surface area contributed by atoms with E-state index < -0.39 is 0 Å². The highest BCUT2D eigenvalue weighted by atomic mass is 79.9. The Labute approximate surface area is 201 Å². The van der Waals surface area contributed by atoms with Gasteiger partial charge in [-0.25, -0.2) is 0 Å². The maximum Gasteiger partial charge on any atom is 0.325 e. The molecule has 0 bridgehead atoms. The number of hydrogen-bond acceptors (Lipinski definition) is 4. The Hall–Kier alpha value is -2.71. The summed E-state index contributed by atoms with van der Waals surface area (Å²) >= 11 is 9.16. The highest BCUT2D eigenvalue weighted by Gasteiger charge is 2.42. The summed E-state index contributed by atoms with van der Waals surface area (Å²) < 4.78 is 8.48. The highest BCUT2D eigenvalue weighted by Crippen LogP contribution is 2.41. The molecule has 6 nitrogen and oxygen atoms in total. The zero-order valence-electron chi connectivity index (χ0n) is 18.2. The van der Waals surface area contributed by atoms with E-state index in [2.05, 4.69) is 62.8 Å². The minimum absolute atomic E-state index is 0.0790. The van der Waals surface area contributed by atoms with Gasteiger partial charge in [0.2, 0.25) is 0 Å². The number of halogens is 1. The van der Waals surface area contributed by atoms with Crippen molar-refractivity contribution in [3.8, 4) is 5.69 Å². The summed E-state index contributed by atoms with van der Waals surface area (Å²) in [5.74, 6) is -0.301. The van der Waals surface area contributed by atoms with Crippen LogP contribution in [0.1, 0.15) is 41.7 Å². The van der Waals surface area contributed by atoms with Crippen LogP contribution in [0.5, 0.6) is 0 Å². The van der Waals surface area contributed by atoms with E-state index in [1.54, 1.807) is 13.1 Å². The zero-order chi connectivity index (χ0) is 22.8. The van der Waals surface area contributed by atoms with Crippen molar-refractivity contribution in [3.63, 3.8) is 0 Å². The molecule has 0 spiro atoms. The molecular weight excluding hydrogens is 488 g/mol. The van der Waals surface area contributed by atoms with E-state index >= 15 is 0 Å². The summed E-state index contributed by atoms with van der Waals surface area (Å²) in [5.41, 5.74) is 5.25. The molecule has 166 valence electrons. The third kappa shape index (κ3) is 4.29. The molecule has 2 atom stereocenters. The number of aromatic nitrogens is 2. The lowest BCUT2D eigenvalue weighted by atomic mass is 9.97. The third-order valence-electron chi connectivity index (χ3n) is 5.68. The van der Waals surface area contributed by atoms with Gasteiger partial charge >= 0.3 is 5.97 Å².